The number of benzene rings is 3. The molecule has 3 rings (SSSR count). The second-order valence-electron chi connectivity index (χ2n) is 6.84. The molecular formula is C24H19BrClN3O4. The van der Waals surface area contributed by atoms with Crippen LogP contribution in [0, 0.1) is 6.92 Å². The lowest BCUT2D eigenvalue weighted by Gasteiger charge is -2.09. The summed E-state index contributed by atoms with van der Waals surface area (Å²) in [4.78, 5) is 36.7. The average molecular weight is 529 g/mol. The highest BCUT2D eigenvalue weighted by Gasteiger charge is 2.14. The van der Waals surface area contributed by atoms with E-state index in [1.54, 1.807) is 54.6 Å². The number of carbonyl (C=O) groups is 3. The van der Waals surface area contributed by atoms with Crippen LogP contribution in [0.15, 0.2) is 76.3 Å². The van der Waals surface area contributed by atoms with E-state index in [-0.39, 0.29) is 28.8 Å². The van der Waals surface area contributed by atoms with Crippen LogP contribution in [0.2, 0.25) is 5.02 Å². The molecule has 0 spiro atoms. The summed E-state index contributed by atoms with van der Waals surface area (Å²) in [5.74, 6) is -1.26. The van der Waals surface area contributed by atoms with Crippen molar-refractivity contribution in [3.63, 3.8) is 0 Å². The molecule has 0 aliphatic carbocycles. The number of halogens is 2. The molecule has 0 bridgehead atoms. The van der Waals surface area contributed by atoms with E-state index in [1.165, 1.54) is 6.21 Å². The molecule has 0 unspecified atom stereocenters. The number of esters is 1. The number of ether oxygens (including phenoxy) is 1. The minimum absolute atomic E-state index is 0.225. The molecule has 0 saturated heterocycles. The van der Waals surface area contributed by atoms with Crippen LogP contribution >= 0.6 is 27.5 Å². The van der Waals surface area contributed by atoms with E-state index in [2.05, 4.69) is 31.8 Å². The Morgan fingerprint density at radius 1 is 1.03 bits per heavy atom. The van der Waals surface area contributed by atoms with E-state index in [1.807, 2.05) is 19.1 Å². The normalized spacial score (nSPS) is 10.6. The lowest BCUT2D eigenvalue weighted by atomic mass is 10.1. The monoisotopic (exact) mass is 527 g/mol. The second-order valence-corrected chi connectivity index (χ2v) is 8.17. The molecule has 0 aliphatic rings. The van der Waals surface area contributed by atoms with E-state index in [4.69, 9.17) is 16.3 Å². The quantitative estimate of drug-likeness (QED) is 0.204. The van der Waals surface area contributed by atoms with Gasteiger partial charge in [-0.25, -0.2) is 10.2 Å². The highest BCUT2D eigenvalue weighted by Crippen LogP contribution is 2.24. The zero-order valence-corrected chi connectivity index (χ0v) is 19.8. The van der Waals surface area contributed by atoms with E-state index < -0.39 is 11.9 Å². The molecule has 2 N–H and O–H groups in total. The molecular weight excluding hydrogens is 510 g/mol. The summed E-state index contributed by atoms with van der Waals surface area (Å²) in [6.07, 6.45) is 1.33. The minimum Gasteiger partial charge on any atom is -0.422 e. The Hall–Kier alpha value is -3.49. The third-order valence-electron chi connectivity index (χ3n) is 4.46. The van der Waals surface area contributed by atoms with Crippen LogP contribution in [0.4, 0.5) is 0 Å². The Labute approximate surface area is 203 Å². The zero-order chi connectivity index (χ0) is 23.8. The number of hydrogen-bond acceptors (Lipinski definition) is 5. The largest absolute Gasteiger partial charge is 0.422 e. The Morgan fingerprint density at radius 2 is 1.73 bits per heavy atom. The summed E-state index contributed by atoms with van der Waals surface area (Å²) in [6.45, 7) is 1.56. The van der Waals surface area contributed by atoms with E-state index in [0.717, 1.165) is 10.0 Å². The smallest absolute Gasteiger partial charge is 0.345 e. The molecule has 0 aromatic heterocycles. The molecule has 0 aliphatic heterocycles. The highest BCUT2D eigenvalue weighted by atomic mass is 79.9. The van der Waals surface area contributed by atoms with Gasteiger partial charge in [-0.1, -0.05) is 57.9 Å². The van der Waals surface area contributed by atoms with Crippen molar-refractivity contribution in [1.82, 2.24) is 10.7 Å². The SMILES string of the molecule is Cc1ccccc1C(=O)NCC(=O)NN=Cc1cc(Br)ccc1OC(=O)c1ccccc1Cl. The summed E-state index contributed by atoms with van der Waals surface area (Å²) >= 11 is 9.41. The van der Waals surface area contributed by atoms with Gasteiger partial charge in [-0.3, -0.25) is 9.59 Å². The number of aryl methyl sites for hydroxylation is 1. The number of rotatable bonds is 7. The topological polar surface area (TPSA) is 96.9 Å². The molecule has 0 atom stereocenters. The summed E-state index contributed by atoms with van der Waals surface area (Å²) < 4.78 is 6.18. The predicted molar refractivity (Wildman–Crippen MR) is 130 cm³/mol. The molecule has 0 radical (unpaired) electrons. The first-order valence-corrected chi connectivity index (χ1v) is 10.9. The number of nitrogens with zero attached hydrogens (tertiary/aromatic N) is 1. The van der Waals surface area contributed by atoms with Gasteiger partial charge in [0.1, 0.15) is 5.75 Å². The lowest BCUT2D eigenvalue weighted by molar-refractivity contribution is -0.120. The van der Waals surface area contributed by atoms with E-state index in [0.29, 0.717) is 11.1 Å². The Bertz CT molecular complexity index is 1230. The molecule has 168 valence electrons. The summed E-state index contributed by atoms with van der Waals surface area (Å²) in [6, 6.07) is 18.6. The van der Waals surface area contributed by atoms with Gasteiger partial charge in [-0.2, -0.15) is 5.10 Å². The Kier molecular flexibility index (Phi) is 8.34. The third kappa shape index (κ3) is 6.74. The zero-order valence-electron chi connectivity index (χ0n) is 17.5. The summed E-state index contributed by atoms with van der Waals surface area (Å²) in [7, 11) is 0. The van der Waals surface area contributed by atoms with Crippen molar-refractivity contribution < 1.29 is 19.1 Å². The van der Waals surface area contributed by atoms with Crippen molar-refractivity contribution in [3.05, 3.63) is 98.5 Å². The van der Waals surface area contributed by atoms with Gasteiger partial charge in [-0.15, -0.1) is 0 Å². The molecule has 0 heterocycles. The molecule has 33 heavy (non-hydrogen) atoms. The summed E-state index contributed by atoms with van der Waals surface area (Å²) in [5.41, 5.74) is 4.30. The van der Waals surface area contributed by atoms with Crippen LogP contribution in [-0.2, 0) is 4.79 Å². The van der Waals surface area contributed by atoms with Crippen LogP contribution in [0.3, 0.4) is 0 Å². The molecule has 0 fully saturated rings. The maximum absolute atomic E-state index is 12.5. The first kappa shape index (κ1) is 24.2. The maximum Gasteiger partial charge on any atom is 0.345 e. The Morgan fingerprint density at radius 3 is 2.45 bits per heavy atom. The van der Waals surface area contributed by atoms with Crippen LogP contribution in [0.5, 0.6) is 5.75 Å². The first-order valence-electron chi connectivity index (χ1n) is 9.77. The number of hydrazone groups is 1. The van der Waals surface area contributed by atoms with Gasteiger partial charge in [0.2, 0.25) is 0 Å². The van der Waals surface area contributed by atoms with E-state index in [9.17, 15) is 14.4 Å². The molecule has 3 aromatic carbocycles. The molecule has 2 amide bonds. The van der Waals surface area contributed by atoms with Crippen molar-refractivity contribution in [1.29, 1.82) is 0 Å². The van der Waals surface area contributed by atoms with Crippen LogP contribution in [0.1, 0.15) is 31.8 Å². The molecule has 0 saturated carbocycles. The highest BCUT2D eigenvalue weighted by molar-refractivity contribution is 9.10. The van der Waals surface area contributed by atoms with Gasteiger partial charge < -0.3 is 10.1 Å². The molecule has 3 aromatic rings. The summed E-state index contributed by atoms with van der Waals surface area (Å²) in [5, 5.41) is 6.71. The molecule has 9 heteroatoms. The number of nitrogens with one attached hydrogen (secondary N) is 2. The van der Waals surface area contributed by atoms with Gasteiger partial charge in [0, 0.05) is 15.6 Å². The van der Waals surface area contributed by atoms with Gasteiger partial charge in [0.25, 0.3) is 11.8 Å². The van der Waals surface area contributed by atoms with Crippen molar-refractivity contribution >= 4 is 51.5 Å². The fourth-order valence-electron chi connectivity index (χ4n) is 2.79. The minimum atomic E-state index is -0.625. The Balaban J connectivity index is 1.61. The van der Waals surface area contributed by atoms with E-state index >= 15 is 0 Å². The van der Waals surface area contributed by atoms with Gasteiger partial charge >= 0.3 is 5.97 Å². The van der Waals surface area contributed by atoms with Gasteiger partial charge in [0.15, 0.2) is 0 Å². The molecule has 7 nitrogen and oxygen atoms in total. The van der Waals surface area contributed by atoms with Crippen LogP contribution in [-0.4, -0.2) is 30.5 Å². The van der Waals surface area contributed by atoms with Crippen LogP contribution < -0.4 is 15.5 Å². The average Bonchev–Trinajstić information content (AvgIpc) is 2.79. The number of carbonyl (C=O) groups excluding carboxylic acids is 3. The van der Waals surface area contributed by atoms with Crippen molar-refractivity contribution in [2.75, 3.05) is 6.54 Å². The van der Waals surface area contributed by atoms with Gasteiger partial charge in [-0.05, 0) is 48.9 Å². The fraction of sp³-hybridized carbons (Fsp3) is 0.0833. The fourth-order valence-corrected chi connectivity index (χ4v) is 3.38. The van der Waals surface area contributed by atoms with Crippen molar-refractivity contribution in [3.8, 4) is 5.75 Å². The predicted octanol–water partition coefficient (Wildman–Crippen LogP) is 4.51. The lowest BCUT2D eigenvalue weighted by Crippen LogP contribution is -2.35. The maximum atomic E-state index is 12.5. The third-order valence-corrected chi connectivity index (χ3v) is 5.28. The number of hydrogen-bond donors (Lipinski definition) is 2. The van der Waals surface area contributed by atoms with Crippen LogP contribution in [0.25, 0.3) is 0 Å². The van der Waals surface area contributed by atoms with Crippen molar-refractivity contribution in [2.45, 2.75) is 6.92 Å². The van der Waals surface area contributed by atoms with Gasteiger partial charge in [0.05, 0.1) is 23.3 Å². The second kappa shape index (κ2) is 11.4. The number of amides is 2. The first-order chi connectivity index (χ1) is 15.8. The van der Waals surface area contributed by atoms with Crippen molar-refractivity contribution in [2.24, 2.45) is 5.10 Å². The standard InChI is InChI=1S/C24H19BrClN3O4/c1-15-6-2-3-7-18(15)23(31)27-14-22(30)29-28-13-16-12-17(25)10-11-21(16)33-24(32)19-8-4-5-9-20(19)26/h2-13H,14H2,1H3,(H,27,31)(H,29,30).